The lowest BCUT2D eigenvalue weighted by Gasteiger charge is -2.14. The van der Waals surface area contributed by atoms with Crippen LogP contribution >= 0.6 is 0 Å². The van der Waals surface area contributed by atoms with Crippen LogP contribution in [0.4, 0.5) is 0 Å². The Bertz CT molecular complexity index is 1130. The molecule has 1 atom stereocenters. The fourth-order valence-electron chi connectivity index (χ4n) is 3.28. The van der Waals surface area contributed by atoms with Gasteiger partial charge in [0, 0.05) is 18.2 Å². The largest absolute Gasteiger partial charge is 0.508 e. The van der Waals surface area contributed by atoms with Gasteiger partial charge in [0.2, 0.25) is 16.9 Å². The van der Waals surface area contributed by atoms with Crippen LogP contribution in [0.15, 0.2) is 33.5 Å². The molecule has 1 unspecified atom stereocenters. The van der Waals surface area contributed by atoms with Crippen molar-refractivity contribution in [2.45, 2.75) is 19.8 Å². The second kappa shape index (κ2) is 8.54. The standard InChI is InChI=1S/C22H24O8/c1-11(10-23)4-5-12-8-13(6-7-14(12)24)20-22(29-3)19(27)17-16(30-20)9-15(25)21(28-2)18(17)26/h6-9,11,23-26H,4-5,10H2,1-3H3. The maximum absolute atomic E-state index is 13.0. The van der Waals surface area contributed by atoms with E-state index in [4.69, 9.17) is 13.9 Å². The van der Waals surface area contributed by atoms with Crippen LogP contribution in [-0.4, -0.2) is 41.3 Å². The summed E-state index contributed by atoms with van der Waals surface area (Å²) in [6.45, 7) is 1.95. The van der Waals surface area contributed by atoms with E-state index in [1.54, 1.807) is 12.1 Å². The van der Waals surface area contributed by atoms with Gasteiger partial charge in [-0.2, -0.15) is 0 Å². The second-order valence-corrected chi connectivity index (χ2v) is 7.11. The Morgan fingerprint density at radius 3 is 2.37 bits per heavy atom. The van der Waals surface area contributed by atoms with Crippen LogP contribution in [-0.2, 0) is 6.42 Å². The van der Waals surface area contributed by atoms with E-state index in [1.165, 1.54) is 26.4 Å². The molecule has 0 spiro atoms. The number of hydrogen-bond donors (Lipinski definition) is 4. The predicted octanol–water partition coefficient (Wildman–Crippen LogP) is 3.16. The van der Waals surface area contributed by atoms with Crippen molar-refractivity contribution in [3.63, 3.8) is 0 Å². The van der Waals surface area contributed by atoms with Crippen molar-refractivity contribution < 1.29 is 34.3 Å². The van der Waals surface area contributed by atoms with Gasteiger partial charge in [0.25, 0.3) is 0 Å². The maximum Gasteiger partial charge on any atom is 0.239 e. The molecule has 160 valence electrons. The lowest BCUT2D eigenvalue weighted by molar-refractivity contribution is 0.230. The fourth-order valence-corrected chi connectivity index (χ4v) is 3.28. The number of phenols is 3. The van der Waals surface area contributed by atoms with Gasteiger partial charge in [-0.05, 0) is 42.5 Å². The lowest BCUT2D eigenvalue weighted by atomic mass is 9.98. The Hall–Kier alpha value is -3.39. The average molecular weight is 416 g/mol. The molecular formula is C22H24O8. The fraction of sp³-hybridized carbons (Fsp3) is 0.318. The zero-order valence-corrected chi connectivity index (χ0v) is 16.9. The number of benzene rings is 2. The molecule has 0 saturated heterocycles. The highest BCUT2D eigenvalue weighted by Crippen LogP contribution is 2.43. The summed E-state index contributed by atoms with van der Waals surface area (Å²) in [5.74, 6) is -1.05. The molecule has 0 aliphatic heterocycles. The molecule has 8 nitrogen and oxygen atoms in total. The zero-order chi connectivity index (χ0) is 22.0. The summed E-state index contributed by atoms with van der Waals surface area (Å²) in [5, 5.41) is 39.6. The molecule has 0 aliphatic rings. The number of aliphatic hydroxyl groups is 1. The monoisotopic (exact) mass is 416 g/mol. The first kappa shape index (κ1) is 21.3. The number of aliphatic hydroxyl groups excluding tert-OH is 1. The van der Waals surface area contributed by atoms with Crippen LogP contribution in [0.25, 0.3) is 22.3 Å². The molecule has 3 aromatic rings. The molecule has 8 heteroatoms. The predicted molar refractivity (Wildman–Crippen MR) is 111 cm³/mol. The van der Waals surface area contributed by atoms with Crippen LogP contribution in [0.1, 0.15) is 18.9 Å². The zero-order valence-electron chi connectivity index (χ0n) is 16.9. The molecule has 0 bridgehead atoms. The van der Waals surface area contributed by atoms with E-state index in [2.05, 4.69) is 0 Å². The summed E-state index contributed by atoms with van der Waals surface area (Å²) >= 11 is 0. The molecular weight excluding hydrogens is 392 g/mol. The van der Waals surface area contributed by atoms with Crippen molar-refractivity contribution in [1.82, 2.24) is 0 Å². The summed E-state index contributed by atoms with van der Waals surface area (Å²) in [6, 6.07) is 5.92. The highest BCUT2D eigenvalue weighted by molar-refractivity contribution is 5.91. The van der Waals surface area contributed by atoms with Crippen molar-refractivity contribution in [1.29, 1.82) is 0 Å². The highest BCUT2D eigenvalue weighted by atomic mass is 16.5. The van der Waals surface area contributed by atoms with Crippen molar-refractivity contribution in [2.75, 3.05) is 20.8 Å². The van der Waals surface area contributed by atoms with Gasteiger partial charge in [0.05, 0.1) is 14.2 Å². The van der Waals surface area contributed by atoms with Crippen molar-refractivity contribution in [3.05, 3.63) is 40.1 Å². The smallest absolute Gasteiger partial charge is 0.239 e. The van der Waals surface area contributed by atoms with Crippen molar-refractivity contribution in [2.24, 2.45) is 5.92 Å². The summed E-state index contributed by atoms with van der Waals surface area (Å²) in [7, 11) is 2.56. The molecule has 0 saturated carbocycles. The Kier molecular flexibility index (Phi) is 6.07. The number of ether oxygens (including phenoxy) is 2. The van der Waals surface area contributed by atoms with Gasteiger partial charge in [-0.15, -0.1) is 0 Å². The molecule has 1 aromatic heterocycles. The number of methoxy groups -OCH3 is 2. The third-order valence-corrected chi connectivity index (χ3v) is 5.02. The molecule has 0 fully saturated rings. The number of aromatic hydroxyl groups is 3. The normalized spacial score (nSPS) is 12.1. The minimum absolute atomic E-state index is 0.0459. The molecule has 2 aromatic carbocycles. The summed E-state index contributed by atoms with van der Waals surface area (Å²) in [4.78, 5) is 13.0. The summed E-state index contributed by atoms with van der Waals surface area (Å²) in [6.07, 6.45) is 1.17. The number of aryl methyl sites for hydroxylation is 1. The highest BCUT2D eigenvalue weighted by Gasteiger charge is 2.24. The molecule has 1 heterocycles. The molecule has 0 aliphatic carbocycles. The first-order chi connectivity index (χ1) is 14.3. The first-order valence-corrected chi connectivity index (χ1v) is 9.39. The number of phenolic OH excluding ortho intramolecular Hbond substituents is 3. The average Bonchev–Trinajstić information content (AvgIpc) is 2.72. The second-order valence-electron chi connectivity index (χ2n) is 7.11. The molecule has 0 amide bonds. The SMILES string of the molecule is COc1c(O)cc2oc(-c3ccc(O)c(CCC(C)CO)c3)c(OC)c(=O)c2c1O. The molecule has 30 heavy (non-hydrogen) atoms. The minimum Gasteiger partial charge on any atom is -0.508 e. The summed E-state index contributed by atoms with van der Waals surface area (Å²) in [5.41, 5.74) is 0.423. The number of rotatable bonds is 7. The third kappa shape index (κ3) is 3.73. The molecule has 0 radical (unpaired) electrons. The summed E-state index contributed by atoms with van der Waals surface area (Å²) < 4.78 is 16.0. The topological polar surface area (TPSA) is 130 Å². The van der Waals surface area contributed by atoms with Gasteiger partial charge in [-0.1, -0.05) is 6.92 Å². The Balaban J connectivity index is 2.20. The van der Waals surface area contributed by atoms with Gasteiger partial charge in [-0.3, -0.25) is 4.79 Å². The van der Waals surface area contributed by atoms with Gasteiger partial charge in [-0.25, -0.2) is 0 Å². The van der Waals surface area contributed by atoms with Gasteiger partial charge in [0.15, 0.2) is 17.3 Å². The minimum atomic E-state index is -0.631. The van der Waals surface area contributed by atoms with Gasteiger partial charge in [0.1, 0.15) is 16.7 Å². The number of hydrogen-bond acceptors (Lipinski definition) is 8. The quantitative estimate of drug-likeness (QED) is 0.462. The van der Waals surface area contributed by atoms with Crippen LogP contribution in [0.5, 0.6) is 28.7 Å². The van der Waals surface area contributed by atoms with E-state index in [1.807, 2.05) is 6.92 Å². The van der Waals surface area contributed by atoms with Crippen LogP contribution in [0.2, 0.25) is 0 Å². The maximum atomic E-state index is 13.0. The van der Waals surface area contributed by atoms with E-state index < -0.39 is 11.2 Å². The van der Waals surface area contributed by atoms with E-state index in [-0.39, 0.29) is 52.3 Å². The Morgan fingerprint density at radius 2 is 1.73 bits per heavy atom. The van der Waals surface area contributed by atoms with Gasteiger partial charge < -0.3 is 34.3 Å². The third-order valence-electron chi connectivity index (χ3n) is 5.02. The number of fused-ring (bicyclic) bond motifs is 1. The Labute approximate surface area is 172 Å². The van der Waals surface area contributed by atoms with Crippen LogP contribution in [0, 0.1) is 5.92 Å². The van der Waals surface area contributed by atoms with E-state index in [9.17, 15) is 25.2 Å². The van der Waals surface area contributed by atoms with E-state index in [0.717, 1.165) is 0 Å². The van der Waals surface area contributed by atoms with Crippen LogP contribution in [0.3, 0.4) is 0 Å². The van der Waals surface area contributed by atoms with Gasteiger partial charge >= 0.3 is 0 Å². The van der Waals surface area contributed by atoms with Crippen LogP contribution < -0.4 is 14.9 Å². The Morgan fingerprint density at radius 1 is 1.03 bits per heavy atom. The van der Waals surface area contributed by atoms with E-state index >= 15 is 0 Å². The van der Waals surface area contributed by atoms with E-state index in [0.29, 0.717) is 24.0 Å². The van der Waals surface area contributed by atoms with Crippen molar-refractivity contribution in [3.8, 4) is 40.1 Å². The lowest BCUT2D eigenvalue weighted by Crippen LogP contribution is -2.08. The van der Waals surface area contributed by atoms with Crippen molar-refractivity contribution >= 4 is 11.0 Å². The first-order valence-electron chi connectivity index (χ1n) is 9.39. The molecule has 4 N–H and O–H groups in total. The molecule has 3 rings (SSSR count).